The van der Waals surface area contributed by atoms with E-state index >= 15 is 0 Å². The Bertz CT molecular complexity index is 361. The molecule has 0 N–H and O–H groups in total. The number of pyridine rings is 1. The van der Waals surface area contributed by atoms with Crippen LogP contribution < -0.4 is 0 Å². The molecule has 0 aromatic carbocycles. The van der Waals surface area contributed by atoms with E-state index in [1.165, 1.54) is 0 Å². The summed E-state index contributed by atoms with van der Waals surface area (Å²) in [7, 11) is 0. The molecule has 68 valence electrons. The molecule has 13 heavy (non-hydrogen) atoms. The van der Waals surface area contributed by atoms with Crippen molar-refractivity contribution in [2.45, 2.75) is 26.2 Å². The highest BCUT2D eigenvalue weighted by molar-refractivity contribution is 5.66. The quantitative estimate of drug-likeness (QED) is 0.721. The topological polar surface area (TPSA) is 38.9 Å². The van der Waals surface area contributed by atoms with Crippen LogP contribution >= 0.6 is 0 Å². The molecular weight excluding hydrogens is 164 g/mol. The summed E-state index contributed by atoms with van der Waals surface area (Å²) in [6.07, 6.45) is 4.92. The largest absolute Gasteiger partial charge is 0.439 e. The Morgan fingerprint density at radius 1 is 1.46 bits per heavy atom. The van der Waals surface area contributed by atoms with Gasteiger partial charge in [0.15, 0.2) is 17.1 Å². The summed E-state index contributed by atoms with van der Waals surface area (Å²) in [4.78, 5) is 8.38. The van der Waals surface area contributed by atoms with Crippen molar-refractivity contribution in [3.8, 4) is 0 Å². The molecule has 0 spiro atoms. The van der Waals surface area contributed by atoms with Gasteiger partial charge in [0.1, 0.15) is 0 Å². The van der Waals surface area contributed by atoms with Crippen molar-refractivity contribution in [3.63, 3.8) is 0 Å². The van der Waals surface area contributed by atoms with Crippen molar-refractivity contribution in [1.82, 2.24) is 9.97 Å². The number of fused-ring (bicyclic) bond motifs is 1. The second-order valence-electron chi connectivity index (χ2n) is 3.04. The first kappa shape index (κ1) is 8.23. The highest BCUT2D eigenvalue weighted by atomic mass is 16.3. The van der Waals surface area contributed by atoms with Crippen LogP contribution in [0.2, 0.25) is 0 Å². The van der Waals surface area contributed by atoms with Crippen LogP contribution in [0.4, 0.5) is 0 Å². The minimum atomic E-state index is 0.716. The van der Waals surface area contributed by atoms with Crippen LogP contribution in [0, 0.1) is 0 Å². The molecule has 3 nitrogen and oxygen atoms in total. The van der Waals surface area contributed by atoms with Gasteiger partial charge >= 0.3 is 0 Å². The average Bonchev–Trinajstić information content (AvgIpc) is 2.57. The highest BCUT2D eigenvalue weighted by Gasteiger charge is 2.04. The summed E-state index contributed by atoms with van der Waals surface area (Å²) in [6, 6.07) is 3.75. The summed E-state index contributed by atoms with van der Waals surface area (Å²) >= 11 is 0. The fraction of sp³-hybridized carbons (Fsp3) is 0.400. The lowest BCUT2D eigenvalue weighted by molar-refractivity contribution is 0.517. The zero-order chi connectivity index (χ0) is 9.10. The monoisotopic (exact) mass is 176 g/mol. The molecule has 0 amide bonds. The number of hydrogen-bond donors (Lipinski definition) is 0. The second kappa shape index (κ2) is 3.56. The van der Waals surface area contributed by atoms with Gasteiger partial charge in [-0.2, -0.15) is 4.98 Å². The van der Waals surface area contributed by atoms with Crippen LogP contribution in [-0.2, 0) is 6.42 Å². The Labute approximate surface area is 76.8 Å². The fourth-order valence-electron chi connectivity index (χ4n) is 1.25. The summed E-state index contributed by atoms with van der Waals surface area (Å²) in [5.41, 5.74) is 1.50. The maximum Gasteiger partial charge on any atom is 0.198 e. The van der Waals surface area contributed by atoms with Crippen molar-refractivity contribution in [2.75, 3.05) is 0 Å². The first-order chi connectivity index (χ1) is 6.40. The maximum absolute atomic E-state index is 5.50. The molecule has 0 radical (unpaired) electrons. The number of aryl methyl sites for hydroxylation is 1. The van der Waals surface area contributed by atoms with Crippen LogP contribution in [0.15, 0.2) is 22.7 Å². The van der Waals surface area contributed by atoms with E-state index < -0.39 is 0 Å². The van der Waals surface area contributed by atoms with E-state index in [9.17, 15) is 0 Å². The Hall–Kier alpha value is -1.38. The Morgan fingerprint density at radius 2 is 2.38 bits per heavy atom. The molecule has 0 aliphatic heterocycles. The van der Waals surface area contributed by atoms with Crippen molar-refractivity contribution < 1.29 is 4.42 Å². The van der Waals surface area contributed by atoms with Gasteiger partial charge in [-0.25, -0.2) is 4.98 Å². The minimum Gasteiger partial charge on any atom is -0.439 e. The number of aromatic nitrogens is 2. The van der Waals surface area contributed by atoms with Gasteiger partial charge in [-0.3, -0.25) is 0 Å². The number of nitrogens with zero attached hydrogens (tertiary/aromatic N) is 2. The normalized spacial score (nSPS) is 10.8. The lowest BCUT2D eigenvalue weighted by Gasteiger charge is -1.88. The maximum atomic E-state index is 5.50. The Morgan fingerprint density at radius 3 is 3.15 bits per heavy atom. The van der Waals surface area contributed by atoms with E-state index in [-0.39, 0.29) is 0 Å². The van der Waals surface area contributed by atoms with E-state index in [0.717, 1.165) is 30.7 Å². The van der Waals surface area contributed by atoms with Gasteiger partial charge in [0, 0.05) is 12.6 Å². The third kappa shape index (κ3) is 1.69. The van der Waals surface area contributed by atoms with Crippen molar-refractivity contribution >= 4 is 11.2 Å². The molecule has 0 saturated carbocycles. The molecule has 0 unspecified atom stereocenters. The van der Waals surface area contributed by atoms with Gasteiger partial charge in [0.2, 0.25) is 0 Å². The van der Waals surface area contributed by atoms with Crippen molar-refractivity contribution in [1.29, 1.82) is 0 Å². The molecule has 0 aliphatic carbocycles. The zero-order valence-electron chi connectivity index (χ0n) is 7.66. The highest BCUT2D eigenvalue weighted by Crippen LogP contribution is 2.13. The van der Waals surface area contributed by atoms with Gasteiger partial charge in [0.05, 0.1) is 0 Å². The number of unbranched alkanes of at least 4 members (excludes halogenated alkanes) is 1. The summed E-state index contributed by atoms with van der Waals surface area (Å²) < 4.78 is 5.50. The Balaban J connectivity index is 2.28. The van der Waals surface area contributed by atoms with Crippen LogP contribution in [0.3, 0.4) is 0 Å². The van der Waals surface area contributed by atoms with Crippen LogP contribution in [0.1, 0.15) is 25.7 Å². The third-order valence-electron chi connectivity index (χ3n) is 1.95. The Kier molecular flexibility index (Phi) is 2.25. The molecule has 0 fully saturated rings. The van der Waals surface area contributed by atoms with Crippen LogP contribution in [0.5, 0.6) is 0 Å². The fourth-order valence-corrected chi connectivity index (χ4v) is 1.25. The van der Waals surface area contributed by atoms with Crippen molar-refractivity contribution in [3.05, 3.63) is 24.2 Å². The van der Waals surface area contributed by atoms with E-state index in [2.05, 4.69) is 16.9 Å². The average molecular weight is 176 g/mol. The molecule has 2 aromatic heterocycles. The summed E-state index contributed by atoms with van der Waals surface area (Å²) in [5.74, 6) is 0.801. The standard InChI is InChI=1S/C10H12N2O/c1-2-3-6-9-12-10-8(13-9)5-4-7-11-10/h4-5,7H,2-3,6H2,1H3. The van der Waals surface area contributed by atoms with Gasteiger partial charge in [-0.15, -0.1) is 0 Å². The molecule has 2 heterocycles. The number of rotatable bonds is 3. The van der Waals surface area contributed by atoms with E-state index in [1.54, 1.807) is 6.20 Å². The molecule has 2 aromatic rings. The summed E-state index contributed by atoms with van der Waals surface area (Å²) in [5, 5.41) is 0. The van der Waals surface area contributed by atoms with Crippen molar-refractivity contribution in [2.24, 2.45) is 0 Å². The third-order valence-corrected chi connectivity index (χ3v) is 1.95. The lowest BCUT2D eigenvalue weighted by atomic mass is 10.2. The first-order valence-electron chi connectivity index (χ1n) is 4.60. The number of oxazole rings is 1. The molecule has 2 rings (SSSR count). The second-order valence-corrected chi connectivity index (χ2v) is 3.04. The summed E-state index contributed by atoms with van der Waals surface area (Å²) in [6.45, 7) is 2.15. The first-order valence-corrected chi connectivity index (χ1v) is 4.60. The molecular formula is C10H12N2O. The van der Waals surface area contributed by atoms with E-state index in [0.29, 0.717) is 5.65 Å². The smallest absolute Gasteiger partial charge is 0.198 e. The lowest BCUT2D eigenvalue weighted by Crippen LogP contribution is -1.83. The number of hydrogen-bond acceptors (Lipinski definition) is 3. The van der Waals surface area contributed by atoms with Gasteiger partial charge in [-0.05, 0) is 18.6 Å². The van der Waals surface area contributed by atoms with Gasteiger partial charge in [-0.1, -0.05) is 13.3 Å². The van der Waals surface area contributed by atoms with Gasteiger partial charge in [0.25, 0.3) is 0 Å². The SMILES string of the molecule is CCCCc1nc2ncccc2o1. The molecule has 3 heteroatoms. The van der Waals surface area contributed by atoms with E-state index in [1.807, 2.05) is 12.1 Å². The molecule has 0 atom stereocenters. The molecule has 0 saturated heterocycles. The van der Waals surface area contributed by atoms with E-state index in [4.69, 9.17) is 4.42 Å². The minimum absolute atomic E-state index is 0.716. The van der Waals surface area contributed by atoms with Gasteiger partial charge < -0.3 is 4.42 Å². The predicted octanol–water partition coefficient (Wildman–Crippen LogP) is 2.57. The van der Waals surface area contributed by atoms with Crippen LogP contribution in [0.25, 0.3) is 11.2 Å². The molecule has 0 bridgehead atoms. The van der Waals surface area contributed by atoms with Crippen LogP contribution in [-0.4, -0.2) is 9.97 Å². The zero-order valence-corrected chi connectivity index (χ0v) is 7.66. The predicted molar refractivity (Wildman–Crippen MR) is 50.4 cm³/mol. The molecule has 0 aliphatic rings.